The summed E-state index contributed by atoms with van der Waals surface area (Å²) in [5.41, 5.74) is 0.515. The van der Waals surface area contributed by atoms with Crippen molar-refractivity contribution in [1.82, 2.24) is 0 Å². The molecule has 1 fully saturated rings. The molecular formula is C14H18Cl2N2O2. The smallest absolute Gasteiger partial charge is 0.272 e. The Balaban J connectivity index is 2.19. The molecule has 2 unspecified atom stereocenters. The molecule has 0 aliphatic heterocycles. The van der Waals surface area contributed by atoms with Gasteiger partial charge in [0.1, 0.15) is 0 Å². The van der Waals surface area contributed by atoms with Crippen LogP contribution in [0.1, 0.15) is 33.1 Å². The number of nitro groups is 1. The molecule has 2 rings (SSSR count). The summed E-state index contributed by atoms with van der Waals surface area (Å²) in [5.74, 6) is 1.32. The van der Waals surface area contributed by atoms with Crippen LogP contribution >= 0.6 is 23.2 Å². The van der Waals surface area contributed by atoms with Gasteiger partial charge in [0.25, 0.3) is 5.69 Å². The normalized spacial score (nSPS) is 26.3. The van der Waals surface area contributed by atoms with Crippen LogP contribution < -0.4 is 5.32 Å². The Bertz CT molecular complexity index is 489. The second kappa shape index (κ2) is 6.19. The molecule has 0 aromatic heterocycles. The summed E-state index contributed by atoms with van der Waals surface area (Å²) in [6.07, 6.45) is 3.36. The molecule has 0 bridgehead atoms. The van der Waals surface area contributed by atoms with Crippen LogP contribution in [0, 0.1) is 22.0 Å². The Morgan fingerprint density at radius 3 is 2.10 bits per heavy atom. The lowest BCUT2D eigenvalue weighted by Gasteiger charge is -2.33. The van der Waals surface area contributed by atoms with E-state index in [4.69, 9.17) is 23.2 Å². The van der Waals surface area contributed by atoms with Gasteiger partial charge in [-0.3, -0.25) is 10.1 Å². The van der Waals surface area contributed by atoms with Gasteiger partial charge in [-0.25, -0.2) is 0 Å². The number of nitro benzene ring substituents is 1. The van der Waals surface area contributed by atoms with Crippen LogP contribution in [0.2, 0.25) is 10.0 Å². The highest BCUT2D eigenvalue weighted by atomic mass is 35.5. The third-order valence-electron chi connectivity index (χ3n) is 3.76. The molecule has 110 valence electrons. The highest BCUT2D eigenvalue weighted by molar-refractivity contribution is 6.39. The van der Waals surface area contributed by atoms with Gasteiger partial charge in [-0.15, -0.1) is 0 Å². The average Bonchev–Trinajstić information content (AvgIpc) is 2.32. The van der Waals surface area contributed by atoms with Crippen molar-refractivity contribution in [2.24, 2.45) is 11.8 Å². The van der Waals surface area contributed by atoms with E-state index in [2.05, 4.69) is 19.2 Å². The first-order chi connectivity index (χ1) is 9.36. The monoisotopic (exact) mass is 316 g/mol. The number of nitrogens with zero attached hydrogens (tertiary/aromatic N) is 1. The molecule has 20 heavy (non-hydrogen) atoms. The largest absolute Gasteiger partial charge is 0.380 e. The van der Waals surface area contributed by atoms with Crippen LogP contribution in [0.15, 0.2) is 12.1 Å². The Hall–Kier alpha value is -1.00. The lowest BCUT2D eigenvalue weighted by atomic mass is 9.80. The van der Waals surface area contributed by atoms with E-state index in [0.29, 0.717) is 33.6 Å². The molecule has 1 aliphatic rings. The van der Waals surface area contributed by atoms with Crippen LogP contribution in [0.25, 0.3) is 0 Å². The fourth-order valence-corrected chi connectivity index (χ4v) is 3.66. The summed E-state index contributed by atoms with van der Waals surface area (Å²) >= 11 is 12.2. The second-order valence-electron chi connectivity index (χ2n) is 5.80. The maximum Gasteiger partial charge on any atom is 0.272 e. The minimum atomic E-state index is -0.494. The average molecular weight is 317 g/mol. The van der Waals surface area contributed by atoms with Crippen molar-refractivity contribution < 1.29 is 4.92 Å². The van der Waals surface area contributed by atoms with Crippen LogP contribution in [-0.4, -0.2) is 11.0 Å². The lowest BCUT2D eigenvalue weighted by Crippen LogP contribution is -2.30. The maximum absolute atomic E-state index is 10.8. The molecule has 1 saturated carbocycles. The van der Waals surface area contributed by atoms with Crippen LogP contribution in [-0.2, 0) is 0 Å². The molecule has 1 aliphatic carbocycles. The first kappa shape index (κ1) is 15.4. The van der Waals surface area contributed by atoms with Crippen LogP contribution in [0.5, 0.6) is 0 Å². The number of nitrogens with one attached hydrogen (secondary N) is 1. The fraction of sp³-hybridized carbons (Fsp3) is 0.571. The number of non-ortho nitro benzene ring substituents is 1. The molecule has 2 atom stereocenters. The summed E-state index contributed by atoms with van der Waals surface area (Å²) in [6, 6.07) is 2.99. The SMILES string of the molecule is CC1CC(C)CC(Nc2c(Cl)cc([N+](=O)[O-])cc2Cl)C1. The minimum absolute atomic E-state index is 0.0871. The fourth-order valence-electron chi connectivity index (χ4n) is 3.07. The van der Waals surface area contributed by atoms with Gasteiger partial charge >= 0.3 is 0 Å². The predicted octanol–water partition coefficient (Wildman–Crippen LogP) is 5.14. The molecule has 0 heterocycles. The van der Waals surface area contributed by atoms with E-state index in [1.807, 2.05) is 0 Å². The predicted molar refractivity (Wildman–Crippen MR) is 82.7 cm³/mol. The van der Waals surface area contributed by atoms with Gasteiger partial charge < -0.3 is 5.32 Å². The summed E-state index contributed by atoms with van der Waals surface area (Å²) in [4.78, 5) is 10.3. The molecular weight excluding hydrogens is 299 g/mol. The molecule has 1 N–H and O–H groups in total. The zero-order valence-corrected chi connectivity index (χ0v) is 13.0. The second-order valence-corrected chi connectivity index (χ2v) is 6.61. The summed E-state index contributed by atoms with van der Waals surface area (Å²) in [7, 11) is 0. The number of halogens is 2. The lowest BCUT2D eigenvalue weighted by molar-refractivity contribution is -0.384. The molecule has 4 nitrogen and oxygen atoms in total. The topological polar surface area (TPSA) is 55.2 Å². The van der Waals surface area contributed by atoms with Crippen LogP contribution in [0.3, 0.4) is 0 Å². The van der Waals surface area contributed by atoms with E-state index >= 15 is 0 Å². The van der Waals surface area contributed by atoms with Crippen molar-refractivity contribution in [3.05, 3.63) is 32.3 Å². The Morgan fingerprint density at radius 2 is 1.65 bits per heavy atom. The quantitative estimate of drug-likeness (QED) is 0.620. The van der Waals surface area contributed by atoms with Gasteiger partial charge in [0.15, 0.2) is 0 Å². The van der Waals surface area contributed by atoms with E-state index < -0.39 is 4.92 Å². The maximum atomic E-state index is 10.8. The van der Waals surface area contributed by atoms with Crippen molar-refractivity contribution in [3.63, 3.8) is 0 Å². The molecule has 0 spiro atoms. The molecule has 0 radical (unpaired) electrons. The van der Waals surface area contributed by atoms with Gasteiger partial charge in [-0.2, -0.15) is 0 Å². The summed E-state index contributed by atoms with van der Waals surface area (Å²) in [5, 5.41) is 14.7. The number of rotatable bonds is 3. The van der Waals surface area contributed by atoms with Gasteiger partial charge in [0.2, 0.25) is 0 Å². The Labute approximate surface area is 128 Å². The zero-order valence-electron chi connectivity index (χ0n) is 11.5. The van der Waals surface area contributed by atoms with Crippen molar-refractivity contribution in [1.29, 1.82) is 0 Å². The number of benzene rings is 1. The standard InChI is InChI=1S/C14H18Cl2N2O2/c1-8-3-9(2)5-10(4-8)17-14-12(15)6-11(18(19)20)7-13(14)16/h6-10,17H,3-5H2,1-2H3. The van der Waals surface area contributed by atoms with E-state index in [9.17, 15) is 10.1 Å². The Morgan fingerprint density at radius 1 is 1.15 bits per heavy atom. The highest BCUT2D eigenvalue weighted by Gasteiger charge is 2.25. The number of anilines is 1. The third-order valence-corrected chi connectivity index (χ3v) is 4.36. The Kier molecular flexibility index (Phi) is 4.76. The van der Waals surface area contributed by atoms with E-state index in [0.717, 1.165) is 12.8 Å². The summed E-state index contributed by atoms with van der Waals surface area (Å²) < 4.78 is 0. The zero-order chi connectivity index (χ0) is 14.9. The molecule has 6 heteroatoms. The van der Waals surface area contributed by atoms with E-state index in [-0.39, 0.29) is 5.69 Å². The first-order valence-electron chi connectivity index (χ1n) is 6.76. The molecule has 1 aromatic rings. The van der Waals surface area contributed by atoms with Gasteiger partial charge in [0.05, 0.1) is 20.7 Å². The summed E-state index contributed by atoms with van der Waals surface area (Å²) in [6.45, 7) is 4.48. The van der Waals surface area contributed by atoms with Gasteiger partial charge in [-0.05, 0) is 31.1 Å². The molecule has 1 aromatic carbocycles. The number of hydrogen-bond donors (Lipinski definition) is 1. The minimum Gasteiger partial charge on any atom is -0.380 e. The first-order valence-corrected chi connectivity index (χ1v) is 7.52. The van der Waals surface area contributed by atoms with Gasteiger partial charge in [-0.1, -0.05) is 37.0 Å². The third kappa shape index (κ3) is 3.55. The highest BCUT2D eigenvalue weighted by Crippen LogP contribution is 2.37. The van der Waals surface area contributed by atoms with E-state index in [1.165, 1.54) is 18.6 Å². The van der Waals surface area contributed by atoms with Crippen molar-refractivity contribution >= 4 is 34.6 Å². The van der Waals surface area contributed by atoms with Crippen LogP contribution in [0.4, 0.5) is 11.4 Å². The molecule has 0 amide bonds. The van der Waals surface area contributed by atoms with Gasteiger partial charge in [0, 0.05) is 18.2 Å². The van der Waals surface area contributed by atoms with E-state index in [1.54, 1.807) is 0 Å². The van der Waals surface area contributed by atoms with Crippen molar-refractivity contribution in [2.45, 2.75) is 39.2 Å². The van der Waals surface area contributed by atoms with Crippen molar-refractivity contribution in [2.75, 3.05) is 5.32 Å². The molecule has 0 saturated heterocycles. The number of hydrogen-bond acceptors (Lipinski definition) is 3. The van der Waals surface area contributed by atoms with Crippen molar-refractivity contribution in [3.8, 4) is 0 Å².